The molecule has 0 bridgehead atoms. The summed E-state index contributed by atoms with van der Waals surface area (Å²) in [6.07, 6.45) is 1.62. The van der Waals surface area contributed by atoms with Gasteiger partial charge in [0.2, 0.25) is 10.0 Å². The van der Waals surface area contributed by atoms with E-state index in [0.717, 1.165) is 12.8 Å². The summed E-state index contributed by atoms with van der Waals surface area (Å²) in [6, 6.07) is 9.93. The van der Waals surface area contributed by atoms with E-state index >= 15 is 0 Å². The van der Waals surface area contributed by atoms with Crippen LogP contribution >= 0.6 is 0 Å². The maximum atomic E-state index is 12.7. The topological polar surface area (TPSA) is 82.1 Å². The molecule has 1 saturated heterocycles. The average Bonchev–Trinajstić information content (AvgIpc) is 3.29. The van der Waals surface area contributed by atoms with Crippen LogP contribution in [0.15, 0.2) is 47.4 Å². The Morgan fingerprint density at radius 3 is 2.52 bits per heavy atom. The van der Waals surface area contributed by atoms with Gasteiger partial charge in [0, 0.05) is 13.1 Å². The molecule has 0 atom stereocenters. The van der Waals surface area contributed by atoms with E-state index in [1.807, 2.05) is 0 Å². The van der Waals surface area contributed by atoms with Crippen molar-refractivity contribution in [3.05, 3.63) is 53.6 Å². The minimum Gasteiger partial charge on any atom is -0.490 e. The van der Waals surface area contributed by atoms with Crippen molar-refractivity contribution in [2.75, 3.05) is 19.7 Å². The molecule has 2 aromatic rings. The fraction of sp³-hybridized carbons (Fsp3) is 0.381. The van der Waals surface area contributed by atoms with Gasteiger partial charge in [-0.3, -0.25) is 0 Å². The Kier molecular flexibility index (Phi) is 7.45. The summed E-state index contributed by atoms with van der Waals surface area (Å²) >= 11 is 0. The number of benzene rings is 2. The van der Waals surface area contributed by atoms with Crippen LogP contribution in [-0.4, -0.2) is 45.0 Å². The number of hydrogen-bond acceptors (Lipinski definition) is 6. The van der Waals surface area contributed by atoms with E-state index in [4.69, 9.17) is 9.47 Å². The molecule has 0 saturated carbocycles. The Bertz CT molecular complexity index is 1020. The number of carbonyl (C=O) groups excluding carboxylic acids is 1. The maximum absolute atomic E-state index is 12.7. The molecule has 10 heteroatoms. The van der Waals surface area contributed by atoms with Crippen molar-refractivity contribution in [2.24, 2.45) is 0 Å². The van der Waals surface area contributed by atoms with Gasteiger partial charge < -0.3 is 14.2 Å². The Morgan fingerprint density at radius 2 is 1.84 bits per heavy atom. The van der Waals surface area contributed by atoms with Crippen LogP contribution in [0, 0.1) is 0 Å². The second-order valence-corrected chi connectivity index (χ2v) is 8.75. The standard InChI is InChI=1S/C21H23F2NO6S/c1-2-28-19-12-15(8-9-18(19)30-21(22)23)14-29-20(25)16-6-5-7-17(13-16)31(26,27)24-10-3-4-11-24/h5-9,12-13,21H,2-4,10-11,14H2,1H3. The Balaban J connectivity index is 1.70. The van der Waals surface area contributed by atoms with Gasteiger partial charge in [-0.1, -0.05) is 12.1 Å². The molecule has 3 rings (SSSR count). The summed E-state index contributed by atoms with van der Waals surface area (Å²) in [4.78, 5) is 12.5. The zero-order valence-electron chi connectivity index (χ0n) is 16.9. The second kappa shape index (κ2) is 10.1. The third-order valence-corrected chi connectivity index (χ3v) is 6.56. The Morgan fingerprint density at radius 1 is 1.10 bits per heavy atom. The van der Waals surface area contributed by atoms with Crippen LogP contribution in [0.4, 0.5) is 8.78 Å². The van der Waals surface area contributed by atoms with Gasteiger partial charge in [0.25, 0.3) is 0 Å². The summed E-state index contributed by atoms with van der Waals surface area (Å²) in [5.74, 6) is -0.717. The van der Waals surface area contributed by atoms with Gasteiger partial charge >= 0.3 is 12.6 Å². The Hall–Kier alpha value is -2.72. The third kappa shape index (κ3) is 5.71. The molecule has 0 radical (unpaired) electrons. The van der Waals surface area contributed by atoms with Crippen molar-refractivity contribution < 1.29 is 36.2 Å². The van der Waals surface area contributed by atoms with Crippen LogP contribution in [0.3, 0.4) is 0 Å². The Labute approximate surface area is 179 Å². The lowest BCUT2D eigenvalue weighted by atomic mass is 10.2. The molecule has 168 valence electrons. The maximum Gasteiger partial charge on any atom is 0.387 e. The van der Waals surface area contributed by atoms with E-state index in [1.54, 1.807) is 6.92 Å². The molecule has 31 heavy (non-hydrogen) atoms. The van der Waals surface area contributed by atoms with Gasteiger partial charge in [-0.25, -0.2) is 13.2 Å². The van der Waals surface area contributed by atoms with E-state index in [-0.39, 0.29) is 35.2 Å². The quantitative estimate of drug-likeness (QED) is 0.535. The first-order valence-electron chi connectivity index (χ1n) is 9.79. The van der Waals surface area contributed by atoms with Crippen molar-refractivity contribution in [2.45, 2.75) is 37.9 Å². The number of nitrogens with zero attached hydrogens (tertiary/aromatic N) is 1. The van der Waals surface area contributed by atoms with Gasteiger partial charge in [0.05, 0.1) is 17.1 Å². The fourth-order valence-corrected chi connectivity index (χ4v) is 4.76. The van der Waals surface area contributed by atoms with Gasteiger partial charge in [-0.15, -0.1) is 0 Å². The normalized spacial score (nSPS) is 14.6. The monoisotopic (exact) mass is 455 g/mol. The predicted octanol–water partition coefficient (Wildman–Crippen LogP) is 3.83. The molecular formula is C21H23F2NO6S. The first kappa shape index (κ1) is 23.0. The molecule has 1 fully saturated rings. The van der Waals surface area contributed by atoms with E-state index in [2.05, 4.69) is 4.74 Å². The first-order chi connectivity index (χ1) is 14.8. The summed E-state index contributed by atoms with van der Waals surface area (Å²) in [5.41, 5.74) is 0.599. The molecule has 1 heterocycles. The SMILES string of the molecule is CCOc1cc(COC(=O)c2cccc(S(=O)(=O)N3CCCC3)c2)ccc1OC(F)F. The van der Waals surface area contributed by atoms with Crippen LogP contribution in [0.2, 0.25) is 0 Å². The summed E-state index contributed by atoms with van der Waals surface area (Å²) in [7, 11) is -3.65. The van der Waals surface area contributed by atoms with Crippen molar-refractivity contribution in [3.8, 4) is 11.5 Å². The van der Waals surface area contributed by atoms with Crippen molar-refractivity contribution in [3.63, 3.8) is 0 Å². The lowest BCUT2D eigenvalue weighted by molar-refractivity contribution is -0.0514. The molecule has 7 nitrogen and oxygen atoms in total. The van der Waals surface area contributed by atoms with Crippen LogP contribution in [0.1, 0.15) is 35.7 Å². The number of halogens is 2. The summed E-state index contributed by atoms with van der Waals surface area (Å²) in [6.45, 7) is -0.290. The molecule has 0 amide bonds. The second-order valence-electron chi connectivity index (χ2n) is 6.81. The molecule has 0 aromatic heterocycles. The molecule has 0 unspecified atom stereocenters. The number of hydrogen-bond donors (Lipinski definition) is 0. The molecule has 0 spiro atoms. The molecule has 1 aliphatic heterocycles. The minimum absolute atomic E-state index is 0.0379. The zero-order chi connectivity index (χ0) is 22.4. The molecule has 2 aromatic carbocycles. The lowest BCUT2D eigenvalue weighted by Crippen LogP contribution is -2.28. The molecule has 1 aliphatic rings. The first-order valence-corrected chi connectivity index (χ1v) is 11.2. The lowest BCUT2D eigenvalue weighted by Gasteiger charge is -2.16. The fourth-order valence-electron chi connectivity index (χ4n) is 3.20. The third-order valence-electron chi connectivity index (χ3n) is 4.67. The highest BCUT2D eigenvalue weighted by molar-refractivity contribution is 7.89. The minimum atomic E-state index is -3.65. The number of ether oxygens (including phenoxy) is 3. The number of esters is 1. The number of alkyl halides is 2. The molecular weight excluding hydrogens is 432 g/mol. The van der Waals surface area contributed by atoms with E-state index in [9.17, 15) is 22.0 Å². The van der Waals surface area contributed by atoms with Crippen LogP contribution < -0.4 is 9.47 Å². The number of carbonyl (C=O) groups is 1. The number of sulfonamides is 1. The molecule has 0 aliphatic carbocycles. The average molecular weight is 455 g/mol. The van der Waals surface area contributed by atoms with Crippen molar-refractivity contribution >= 4 is 16.0 Å². The largest absolute Gasteiger partial charge is 0.490 e. The highest BCUT2D eigenvalue weighted by Gasteiger charge is 2.27. The highest BCUT2D eigenvalue weighted by atomic mass is 32.2. The van der Waals surface area contributed by atoms with Gasteiger partial charge in [-0.2, -0.15) is 13.1 Å². The van der Waals surface area contributed by atoms with Crippen molar-refractivity contribution in [1.82, 2.24) is 4.31 Å². The van der Waals surface area contributed by atoms with E-state index in [0.29, 0.717) is 18.7 Å². The van der Waals surface area contributed by atoms with E-state index in [1.165, 1.54) is 46.8 Å². The van der Waals surface area contributed by atoms with Crippen molar-refractivity contribution in [1.29, 1.82) is 0 Å². The molecule has 0 N–H and O–H groups in total. The van der Waals surface area contributed by atoms with Gasteiger partial charge in [0.15, 0.2) is 11.5 Å². The zero-order valence-corrected chi connectivity index (χ0v) is 17.7. The summed E-state index contributed by atoms with van der Waals surface area (Å²) in [5, 5.41) is 0. The summed E-state index contributed by atoms with van der Waals surface area (Å²) < 4.78 is 66.8. The van der Waals surface area contributed by atoms with Crippen LogP contribution in [0.25, 0.3) is 0 Å². The highest BCUT2D eigenvalue weighted by Crippen LogP contribution is 2.30. The van der Waals surface area contributed by atoms with Crippen LogP contribution in [-0.2, 0) is 21.4 Å². The predicted molar refractivity (Wildman–Crippen MR) is 108 cm³/mol. The van der Waals surface area contributed by atoms with Gasteiger partial charge in [0.1, 0.15) is 6.61 Å². The van der Waals surface area contributed by atoms with E-state index < -0.39 is 22.6 Å². The smallest absolute Gasteiger partial charge is 0.387 e. The van der Waals surface area contributed by atoms with Crippen LogP contribution in [0.5, 0.6) is 11.5 Å². The number of rotatable bonds is 9. The van der Waals surface area contributed by atoms with Gasteiger partial charge in [-0.05, 0) is 55.7 Å².